The zero-order chi connectivity index (χ0) is 13.5. The summed E-state index contributed by atoms with van der Waals surface area (Å²) in [5.74, 6) is 0.892. The number of benzene rings is 1. The number of hydrogen-bond acceptors (Lipinski definition) is 3. The molecule has 19 heavy (non-hydrogen) atoms. The third kappa shape index (κ3) is 4.79. The molecule has 2 N–H and O–H groups in total. The standard InChI is InChI=1S/C15H23BrN2O/c1-19-15-6-5-12(10-14(15)16)7-9-17-11-13-4-2-3-8-18-13/h5-6,10,13,17-18H,2-4,7-9,11H2,1H3. The Morgan fingerprint density at radius 1 is 1.42 bits per heavy atom. The van der Waals surface area contributed by atoms with E-state index in [4.69, 9.17) is 4.74 Å². The fourth-order valence-corrected chi connectivity index (χ4v) is 3.06. The Morgan fingerprint density at radius 2 is 2.32 bits per heavy atom. The van der Waals surface area contributed by atoms with E-state index in [1.165, 1.54) is 31.4 Å². The zero-order valence-electron chi connectivity index (χ0n) is 11.5. The molecule has 1 unspecified atom stereocenters. The van der Waals surface area contributed by atoms with Crippen LogP contribution >= 0.6 is 15.9 Å². The minimum atomic E-state index is 0.663. The first kappa shape index (κ1) is 14.8. The summed E-state index contributed by atoms with van der Waals surface area (Å²) in [6.45, 7) is 3.28. The Hall–Kier alpha value is -0.580. The van der Waals surface area contributed by atoms with Crippen molar-refractivity contribution in [2.45, 2.75) is 31.7 Å². The summed E-state index contributed by atoms with van der Waals surface area (Å²) in [5.41, 5.74) is 1.33. The maximum atomic E-state index is 5.23. The SMILES string of the molecule is COc1ccc(CCNCC2CCCCN2)cc1Br. The number of rotatable bonds is 6. The fraction of sp³-hybridized carbons (Fsp3) is 0.600. The van der Waals surface area contributed by atoms with Gasteiger partial charge in [0.05, 0.1) is 11.6 Å². The van der Waals surface area contributed by atoms with Gasteiger partial charge in [-0.1, -0.05) is 12.5 Å². The molecule has 1 saturated heterocycles. The molecule has 1 atom stereocenters. The number of piperidine rings is 1. The summed E-state index contributed by atoms with van der Waals surface area (Å²) in [5, 5.41) is 7.10. The predicted molar refractivity (Wildman–Crippen MR) is 82.9 cm³/mol. The van der Waals surface area contributed by atoms with Gasteiger partial charge in [-0.05, 0) is 66.0 Å². The lowest BCUT2D eigenvalue weighted by Crippen LogP contribution is -2.42. The van der Waals surface area contributed by atoms with Crippen LogP contribution in [0.3, 0.4) is 0 Å². The third-order valence-electron chi connectivity index (χ3n) is 3.61. The van der Waals surface area contributed by atoms with E-state index < -0.39 is 0 Å². The topological polar surface area (TPSA) is 33.3 Å². The molecule has 0 saturated carbocycles. The molecule has 3 nitrogen and oxygen atoms in total. The average molecular weight is 327 g/mol. The van der Waals surface area contributed by atoms with Crippen molar-refractivity contribution in [1.29, 1.82) is 0 Å². The summed E-state index contributed by atoms with van der Waals surface area (Å²) >= 11 is 3.52. The van der Waals surface area contributed by atoms with Gasteiger partial charge in [-0.2, -0.15) is 0 Å². The molecule has 106 valence electrons. The Kier molecular flexibility index (Phi) is 6.14. The van der Waals surface area contributed by atoms with E-state index >= 15 is 0 Å². The number of nitrogens with one attached hydrogen (secondary N) is 2. The first-order chi connectivity index (χ1) is 9.29. The van der Waals surface area contributed by atoms with Gasteiger partial charge in [-0.25, -0.2) is 0 Å². The highest BCUT2D eigenvalue weighted by atomic mass is 79.9. The molecule has 1 aliphatic heterocycles. The predicted octanol–water partition coefficient (Wildman–Crippen LogP) is 2.73. The van der Waals surface area contributed by atoms with Crippen LogP contribution in [0, 0.1) is 0 Å². The van der Waals surface area contributed by atoms with Crippen molar-refractivity contribution in [3.8, 4) is 5.75 Å². The molecule has 1 aromatic carbocycles. The van der Waals surface area contributed by atoms with E-state index in [2.05, 4.69) is 38.7 Å². The average Bonchev–Trinajstić information content (AvgIpc) is 2.45. The number of methoxy groups -OCH3 is 1. The molecule has 0 radical (unpaired) electrons. The summed E-state index contributed by atoms with van der Waals surface area (Å²) in [6, 6.07) is 6.95. The summed E-state index contributed by atoms with van der Waals surface area (Å²) in [6.07, 6.45) is 5.05. The molecular weight excluding hydrogens is 304 g/mol. The van der Waals surface area contributed by atoms with Crippen LogP contribution in [0.25, 0.3) is 0 Å². The largest absolute Gasteiger partial charge is 0.496 e. The molecule has 1 fully saturated rings. The minimum Gasteiger partial charge on any atom is -0.496 e. The summed E-state index contributed by atoms with van der Waals surface area (Å²) in [7, 11) is 1.69. The monoisotopic (exact) mass is 326 g/mol. The fourth-order valence-electron chi connectivity index (χ4n) is 2.47. The number of hydrogen-bond donors (Lipinski definition) is 2. The van der Waals surface area contributed by atoms with E-state index in [1.807, 2.05) is 6.07 Å². The molecule has 0 aliphatic carbocycles. The molecule has 0 aromatic heterocycles. The van der Waals surface area contributed by atoms with Gasteiger partial charge >= 0.3 is 0 Å². The minimum absolute atomic E-state index is 0.663. The molecule has 1 heterocycles. The lowest BCUT2D eigenvalue weighted by atomic mass is 10.1. The molecule has 0 spiro atoms. The Balaban J connectivity index is 1.69. The quantitative estimate of drug-likeness (QED) is 0.788. The Morgan fingerprint density at radius 3 is 3.00 bits per heavy atom. The third-order valence-corrected chi connectivity index (χ3v) is 4.23. The van der Waals surface area contributed by atoms with E-state index in [1.54, 1.807) is 7.11 Å². The van der Waals surface area contributed by atoms with E-state index in [0.717, 1.165) is 29.7 Å². The van der Waals surface area contributed by atoms with Gasteiger partial charge in [0.15, 0.2) is 0 Å². The van der Waals surface area contributed by atoms with Gasteiger partial charge in [0, 0.05) is 12.6 Å². The van der Waals surface area contributed by atoms with Gasteiger partial charge in [0.2, 0.25) is 0 Å². The number of ether oxygens (including phenoxy) is 1. The normalized spacial score (nSPS) is 19.4. The van der Waals surface area contributed by atoms with Gasteiger partial charge in [0.25, 0.3) is 0 Å². The lowest BCUT2D eigenvalue weighted by Gasteiger charge is -2.23. The van der Waals surface area contributed by atoms with E-state index in [0.29, 0.717) is 6.04 Å². The van der Waals surface area contributed by atoms with Crippen LogP contribution in [0.2, 0.25) is 0 Å². The van der Waals surface area contributed by atoms with Crippen LogP contribution < -0.4 is 15.4 Å². The maximum Gasteiger partial charge on any atom is 0.133 e. The lowest BCUT2D eigenvalue weighted by molar-refractivity contribution is 0.384. The van der Waals surface area contributed by atoms with Gasteiger partial charge in [0.1, 0.15) is 5.75 Å². The highest BCUT2D eigenvalue weighted by Gasteiger charge is 2.11. The number of halogens is 1. The van der Waals surface area contributed by atoms with Crippen molar-refractivity contribution in [2.24, 2.45) is 0 Å². The van der Waals surface area contributed by atoms with Crippen molar-refractivity contribution >= 4 is 15.9 Å². The van der Waals surface area contributed by atoms with Gasteiger partial charge < -0.3 is 15.4 Å². The van der Waals surface area contributed by atoms with Crippen LogP contribution in [0.4, 0.5) is 0 Å². The smallest absolute Gasteiger partial charge is 0.133 e. The highest BCUT2D eigenvalue weighted by molar-refractivity contribution is 9.10. The molecule has 2 rings (SSSR count). The van der Waals surface area contributed by atoms with Crippen molar-refractivity contribution < 1.29 is 4.74 Å². The van der Waals surface area contributed by atoms with Crippen molar-refractivity contribution in [3.63, 3.8) is 0 Å². The Bertz CT molecular complexity index is 392. The summed E-state index contributed by atoms with van der Waals surface area (Å²) in [4.78, 5) is 0. The van der Waals surface area contributed by atoms with Crippen LogP contribution in [-0.2, 0) is 6.42 Å². The van der Waals surface area contributed by atoms with Crippen molar-refractivity contribution in [2.75, 3.05) is 26.7 Å². The van der Waals surface area contributed by atoms with E-state index in [9.17, 15) is 0 Å². The molecular formula is C15H23BrN2O. The highest BCUT2D eigenvalue weighted by Crippen LogP contribution is 2.25. The van der Waals surface area contributed by atoms with Crippen LogP contribution in [0.15, 0.2) is 22.7 Å². The second kappa shape index (κ2) is 7.88. The summed E-state index contributed by atoms with van der Waals surface area (Å²) < 4.78 is 6.26. The second-order valence-electron chi connectivity index (χ2n) is 5.07. The van der Waals surface area contributed by atoms with E-state index in [-0.39, 0.29) is 0 Å². The second-order valence-corrected chi connectivity index (χ2v) is 5.92. The van der Waals surface area contributed by atoms with Crippen molar-refractivity contribution in [3.05, 3.63) is 28.2 Å². The van der Waals surface area contributed by atoms with Gasteiger partial charge in [-0.15, -0.1) is 0 Å². The molecule has 1 aromatic rings. The first-order valence-corrected chi connectivity index (χ1v) is 7.85. The Labute approximate surface area is 124 Å². The van der Waals surface area contributed by atoms with Crippen LogP contribution in [0.5, 0.6) is 5.75 Å². The molecule has 4 heteroatoms. The van der Waals surface area contributed by atoms with Gasteiger partial charge in [-0.3, -0.25) is 0 Å². The molecule has 1 aliphatic rings. The molecule has 0 amide bonds. The molecule has 0 bridgehead atoms. The zero-order valence-corrected chi connectivity index (χ0v) is 13.1. The maximum absolute atomic E-state index is 5.23. The van der Waals surface area contributed by atoms with Crippen molar-refractivity contribution in [1.82, 2.24) is 10.6 Å². The first-order valence-electron chi connectivity index (χ1n) is 7.06. The van der Waals surface area contributed by atoms with Crippen LogP contribution in [-0.4, -0.2) is 32.8 Å². The van der Waals surface area contributed by atoms with Crippen LogP contribution in [0.1, 0.15) is 24.8 Å².